The van der Waals surface area contributed by atoms with Gasteiger partial charge in [-0.2, -0.15) is 4.98 Å². The van der Waals surface area contributed by atoms with Crippen molar-refractivity contribution in [3.05, 3.63) is 11.8 Å². The van der Waals surface area contributed by atoms with Crippen molar-refractivity contribution in [3.8, 4) is 0 Å². The molecule has 1 N–H and O–H groups in total. The lowest BCUT2D eigenvalue weighted by molar-refractivity contribution is 0.803. The van der Waals surface area contributed by atoms with Crippen LogP contribution in [-0.4, -0.2) is 29.1 Å². The molecule has 0 amide bonds. The van der Waals surface area contributed by atoms with Crippen LogP contribution in [0.1, 0.15) is 32.4 Å². The highest BCUT2D eigenvalue weighted by atomic mass is 15.3. The van der Waals surface area contributed by atoms with Crippen LogP contribution >= 0.6 is 0 Å². The van der Waals surface area contributed by atoms with Gasteiger partial charge < -0.3 is 10.2 Å². The number of nitrogens with zero attached hydrogens (tertiary/aromatic N) is 3. The molecule has 0 unspecified atom stereocenters. The molecule has 4 nitrogen and oxygen atoms in total. The lowest BCUT2D eigenvalue weighted by Gasteiger charge is -2.22. The smallest absolute Gasteiger partial charge is 0.224 e. The maximum absolute atomic E-state index is 4.56. The van der Waals surface area contributed by atoms with Crippen molar-refractivity contribution in [1.82, 2.24) is 9.97 Å². The van der Waals surface area contributed by atoms with Crippen molar-refractivity contribution < 1.29 is 0 Å². The second-order valence-corrected chi connectivity index (χ2v) is 4.24. The summed E-state index contributed by atoms with van der Waals surface area (Å²) in [5, 5.41) is 3.18. The molecule has 1 fully saturated rings. The Balaban J connectivity index is 2.24. The minimum atomic E-state index is 0.703. The number of nitrogens with one attached hydrogen (secondary N) is 1. The Labute approximate surface area is 97.1 Å². The lowest BCUT2D eigenvalue weighted by Crippen LogP contribution is -2.26. The third-order valence-corrected chi connectivity index (χ3v) is 2.80. The van der Waals surface area contributed by atoms with Gasteiger partial charge >= 0.3 is 0 Å². The van der Waals surface area contributed by atoms with E-state index in [9.17, 15) is 0 Å². The summed E-state index contributed by atoms with van der Waals surface area (Å²) in [4.78, 5) is 11.3. The van der Waals surface area contributed by atoms with E-state index < -0.39 is 0 Å². The van der Waals surface area contributed by atoms with E-state index in [-0.39, 0.29) is 0 Å². The third-order valence-electron chi connectivity index (χ3n) is 2.80. The summed E-state index contributed by atoms with van der Waals surface area (Å²) in [6, 6.07) is 2.77. The summed E-state index contributed by atoms with van der Waals surface area (Å²) in [5.41, 5.74) is 1.03. The number of hydrogen-bond acceptors (Lipinski definition) is 4. The van der Waals surface area contributed by atoms with E-state index in [0.29, 0.717) is 6.04 Å². The topological polar surface area (TPSA) is 41.1 Å². The standard InChI is InChI=1S/C12H20N4/c1-4-13-12-14-9(3)8-11(15-12)16(5-2)10-6-7-10/h8,10H,4-7H2,1-3H3,(H,13,14,15). The molecule has 0 aliphatic heterocycles. The molecule has 0 saturated heterocycles. The molecular weight excluding hydrogens is 200 g/mol. The van der Waals surface area contributed by atoms with Gasteiger partial charge in [0.1, 0.15) is 5.82 Å². The first-order valence-electron chi connectivity index (χ1n) is 6.10. The normalized spacial score (nSPS) is 14.9. The van der Waals surface area contributed by atoms with Gasteiger partial charge in [-0.05, 0) is 33.6 Å². The molecule has 4 heteroatoms. The number of hydrogen-bond donors (Lipinski definition) is 1. The van der Waals surface area contributed by atoms with Crippen molar-refractivity contribution in [2.75, 3.05) is 23.3 Å². The molecule has 0 radical (unpaired) electrons. The Hall–Kier alpha value is -1.32. The molecule has 1 aliphatic rings. The monoisotopic (exact) mass is 220 g/mol. The second-order valence-electron chi connectivity index (χ2n) is 4.24. The molecule has 1 aromatic heterocycles. The summed E-state index contributed by atoms with van der Waals surface area (Å²) in [6.45, 7) is 8.14. The van der Waals surface area contributed by atoms with Crippen LogP contribution in [0.2, 0.25) is 0 Å². The molecule has 0 bridgehead atoms. The van der Waals surface area contributed by atoms with E-state index >= 15 is 0 Å². The molecule has 1 aromatic rings. The first kappa shape index (κ1) is 11.2. The molecule has 0 aromatic carbocycles. The summed E-state index contributed by atoms with van der Waals surface area (Å²) >= 11 is 0. The quantitative estimate of drug-likeness (QED) is 0.826. The SMILES string of the molecule is CCNc1nc(C)cc(N(CC)C2CC2)n1. The molecule has 1 saturated carbocycles. The Morgan fingerprint density at radius 1 is 1.38 bits per heavy atom. The van der Waals surface area contributed by atoms with Gasteiger partial charge in [0.15, 0.2) is 0 Å². The van der Waals surface area contributed by atoms with E-state index in [1.165, 1.54) is 12.8 Å². The van der Waals surface area contributed by atoms with E-state index in [2.05, 4.69) is 40.1 Å². The fourth-order valence-corrected chi connectivity index (χ4v) is 1.93. The molecule has 1 aliphatic carbocycles. The van der Waals surface area contributed by atoms with Crippen LogP contribution in [-0.2, 0) is 0 Å². The van der Waals surface area contributed by atoms with Gasteiger partial charge in [-0.1, -0.05) is 0 Å². The van der Waals surface area contributed by atoms with Crippen LogP contribution in [0.4, 0.5) is 11.8 Å². The largest absolute Gasteiger partial charge is 0.354 e. The molecular formula is C12H20N4. The Morgan fingerprint density at radius 2 is 2.12 bits per heavy atom. The highest BCUT2D eigenvalue weighted by Crippen LogP contribution is 2.30. The predicted octanol–water partition coefficient (Wildman–Crippen LogP) is 2.21. The van der Waals surface area contributed by atoms with Gasteiger partial charge in [-0.3, -0.25) is 0 Å². The average molecular weight is 220 g/mol. The van der Waals surface area contributed by atoms with Gasteiger partial charge in [0.05, 0.1) is 0 Å². The number of aromatic nitrogens is 2. The van der Waals surface area contributed by atoms with E-state index in [0.717, 1.165) is 30.5 Å². The van der Waals surface area contributed by atoms with Crippen molar-refractivity contribution in [2.24, 2.45) is 0 Å². The number of rotatable bonds is 5. The Morgan fingerprint density at radius 3 is 2.69 bits per heavy atom. The zero-order chi connectivity index (χ0) is 11.5. The maximum Gasteiger partial charge on any atom is 0.224 e. The zero-order valence-electron chi connectivity index (χ0n) is 10.3. The van der Waals surface area contributed by atoms with E-state index in [4.69, 9.17) is 0 Å². The summed E-state index contributed by atoms with van der Waals surface area (Å²) in [6.07, 6.45) is 2.60. The third kappa shape index (κ3) is 2.43. The fraction of sp³-hybridized carbons (Fsp3) is 0.667. The highest BCUT2D eigenvalue weighted by Gasteiger charge is 2.29. The Bertz CT molecular complexity index is 360. The van der Waals surface area contributed by atoms with Crippen LogP contribution in [0.3, 0.4) is 0 Å². The molecule has 0 atom stereocenters. The minimum Gasteiger partial charge on any atom is -0.354 e. The second kappa shape index (κ2) is 4.68. The molecule has 16 heavy (non-hydrogen) atoms. The van der Waals surface area contributed by atoms with Gasteiger partial charge in [0.25, 0.3) is 0 Å². The zero-order valence-corrected chi connectivity index (χ0v) is 10.3. The van der Waals surface area contributed by atoms with E-state index in [1.807, 2.05) is 6.92 Å². The van der Waals surface area contributed by atoms with Crippen LogP contribution in [0.25, 0.3) is 0 Å². The summed E-state index contributed by atoms with van der Waals surface area (Å²) in [5.74, 6) is 1.81. The van der Waals surface area contributed by atoms with Gasteiger partial charge in [-0.15, -0.1) is 0 Å². The van der Waals surface area contributed by atoms with E-state index in [1.54, 1.807) is 0 Å². The van der Waals surface area contributed by atoms with Crippen LogP contribution < -0.4 is 10.2 Å². The highest BCUT2D eigenvalue weighted by molar-refractivity contribution is 5.46. The molecule has 1 heterocycles. The number of anilines is 2. The minimum absolute atomic E-state index is 0.703. The van der Waals surface area contributed by atoms with Crippen molar-refractivity contribution in [3.63, 3.8) is 0 Å². The van der Waals surface area contributed by atoms with Crippen LogP contribution in [0.5, 0.6) is 0 Å². The summed E-state index contributed by atoms with van der Waals surface area (Å²) in [7, 11) is 0. The van der Waals surface area contributed by atoms with Crippen molar-refractivity contribution in [1.29, 1.82) is 0 Å². The fourth-order valence-electron chi connectivity index (χ4n) is 1.93. The lowest BCUT2D eigenvalue weighted by atomic mass is 10.3. The van der Waals surface area contributed by atoms with Crippen LogP contribution in [0, 0.1) is 6.92 Å². The van der Waals surface area contributed by atoms with Gasteiger partial charge in [-0.25, -0.2) is 4.98 Å². The van der Waals surface area contributed by atoms with Crippen molar-refractivity contribution >= 4 is 11.8 Å². The maximum atomic E-state index is 4.56. The summed E-state index contributed by atoms with van der Waals surface area (Å²) < 4.78 is 0. The van der Waals surface area contributed by atoms with Crippen molar-refractivity contribution in [2.45, 2.75) is 39.7 Å². The Kier molecular flexibility index (Phi) is 3.27. The van der Waals surface area contributed by atoms with Crippen LogP contribution in [0.15, 0.2) is 6.07 Å². The predicted molar refractivity (Wildman–Crippen MR) is 67.0 cm³/mol. The van der Waals surface area contributed by atoms with Gasteiger partial charge in [0.2, 0.25) is 5.95 Å². The molecule has 88 valence electrons. The first-order valence-corrected chi connectivity index (χ1v) is 6.10. The number of aryl methyl sites for hydroxylation is 1. The first-order chi connectivity index (χ1) is 7.74. The van der Waals surface area contributed by atoms with Gasteiger partial charge in [0, 0.05) is 30.9 Å². The molecule has 2 rings (SSSR count). The average Bonchev–Trinajstić information content (AvgIpc) is 3.03. The molecule has 0 spiro atoms.